The van der Waals surface area contributed by atoms with Crippen LogP contribution in [0.25, 0.3) is 6.08 Å². The van der Waals surface area contributed by atoms with Gasteiger partial charge in [0, 0.05) is 18.3 Å². The van der Waals surface area contributed by atoms with E-state index >= 15 is 0 Å². The number of ether oxygens (including phenoxy) is 2. The second kappa shape index (κ2) is 8.68. The van der Waals surface area contributed by atoms with E-state index in [9.17, 15) is 4.79 Å². The summed E-state index contributed by atoms with van der Waals surface area (Å²) < 4.78 is 10.5. The van der Waals surface area contributed by atoms with Crippen LogP contribution in [0.2, 0.25) is 0 Å². The lowest BCUT2D eigenvalue weighted by atomic mass is 10.0. The predicted octanol–water partition coefficient (Wildman–Crippen LogP) is 3.57. The van der Waals surface area contributed by atoms with Gasteiger partial charge in [-0.2, -0.15) is 0 Å². The zero-order valence-corrected chi connectivity index (χ0v) is 16.2. The molecule has 0 radical (unpaired) electrons. The SMILES string of the molecule is COc1ccc(/C=C/C(=O)NC(=S)N2CCCc3ccccc32)cc1OC. The topological polar surface area (TPSA) is 50.8 Å². The van der Waals surface area contributed by atoms with Crippen LogP contribution in [0.5, 0.6) is 11.5 Å². The Bertz CT molecular complexity index is 879. The number of benzene rings is 2. The number of amides is 1. The van der Waals surface area contributed by atoms with E-state index in [0.717, 1.165) is 30.6 Å². The Morgan fingerprint density at radius 3 is 2.70 bits per heavy atom. The molecule has 0 aliphatic carbocycles. The number of carbonyl (C=O) groups excluding carboxylic acids is 1. The number of anilines is 1. The van der Waals surface area contributed by atoms with Gasteiger partial charge < -0.3 is 14.4 Å². The summed E-state index contributed by atoms with van der Waals surface area (Å²) in [7, 11) is 3.16. The number of thiocarbonyl (C=S) groups is 1. The molecule has 2 aromatic rings. The van der Waals surface area contributed by atoms with Crippen LogP contribution in [0.1, 0.15) is 17.5 Å². The van der Waals surface area contributed by atoms with E-state index < -0.39 is 0 Å². The number of hydrogen-bond acceptors (Lipinski definition) is 4. The van der Waals surface area contributed by atoms with E-state index in [1.54, 1.807) is 26.4 Å². The number of rotatable bonds is 4. The van der Waals surface area contributed by atoms with Crippen LogP contribution in [0.4, 0.5) is 5.69 Å². The highest BCUT2D eigenvalue weighted by molar-refractivity contribution is 7.80. The Kier molecular flexibility index (Phi) is 6.08. The van der Waals surface area contributed by atoms with E-state index in [4.69, 9.17) is 21.7 Å². The Morgan fingerprint density at radius 2 is 1.93 bits per heavy atom. The summed E-state index contributed by atoms with van der Waals surface area (Å²) in [6, 6.07) is 13.6. The van der Waals surface area contributed by atoms with Crippen molar-refractivity contribution in [3.8, 4) is 11.5 Å². The van der Waals surface area contributed by atoms with Gasteiger partial charge in [0.1, 0.15) is 0 Å². The first-order valence-corrected chi connectivity index (χ1v) is 9.13. The summed E-state index contributed by atoms with van der Waals surface area (Å²) in [5.41, 5.74) is 3.15. The van der Waals surface area contributed by atoms with Crippen LogP contribution >= 0.6 is 12.2 Å². The zero-order valence-electron chi connectivity index (χ0n) is 15.4. The van der Waals surface area contributed by atoms with Crippen molar-refractivity contribution in [3.05, 3.63) is 59.7 Å². The summed E-state index contributed by atoms with van der Waals surface area (Å²) in [6.07, 6.45) is 5.21. The van der Waals surface area contributed by atoms with Crippen molar-refractivity contribution in [1.82, 2.24) is 5.32 Å². The Morgan fingerprint density at radius 1 is 1.15 bits per heavy atom. The normalized spacial score (nSPS) is 13.2. The van der Waals surface area contributed by atoms with Crippen molar-refractivity contribution >= 4 is 35.0 Å². The Hall–Kier alpha value is -2.86. The fraction of sp³-hybridized carbons (Fsp3) is 0.238. The van der Waals surface area contributed by atoms with Crippen LogP contribution in [-0.2, 0) is 11.2 Å². The quantitative estimate of drug-likeness (QED) is 0.647. The average molecular weight is 382 g/mol. The molecule has 0 saturated carbocycles. The van der Waals surface area contributed by atoms with Gasteiger partial charge in [0.15, 0.2) is 16.6 Å². The molecule has 27 heavy (non-hydrogen) atoms. The molecule has 1 N–H and O–H groups in total. The number of methoxy groups -OCH3 is 2. The number of fused-ring (bicyclic) bond motifs is 1. The Balaban J connectivity index is 1.66. The van der Waals surface area contributed by atoms with E-state index in [2.05, 4.69) is 11.4 Å². The highest BCUT2D eigenvalue weighted by Crippen LogP contribution is 2.28. The monoisotopic (exact) mass is 382 g/mol. The van der Waals surface area contributed by atoms with Gasteiger partial charge in [-0.05, 0) is 60.5 Å². The predicted molar refractivity (Wildman–Crippen MR) is 111 cm³/mol. The first-order valence-electron chi connectivity index (χ1n) is 8.73. The minimum Gasteiger partial charge on any atom is -0.493 e. The highest BCUT2D eigenvalue weighted by Gasteiger charge is 2.20. The number of hydrogen-bond donors (Lipinski definition) is 1. The summed E-state index contributed by atoms with van der Waals surface area (Å²) in [4.78, 5) is 14.3. The van der Waals surface area contributed by atoms with Crippen LogP contribution in [0, 0.1) is 0 Å². The second-order valence-electron chi connectivity index (χ2n) is 6.13. The molecule has 140 valence electrons. The molecule has 5 nitrogen and oxygen atoms in total. The zero-order chi connectivity index (χ0) is 19.2. The molecule has 0 spiro atoms. The maximum Gasteiger partial charge on any atom is 0.250 e. The minimum atomic E-state index is -0.266. The van der Waals surface area contributed by atoms with Crippen LogP contribution in [0.15, 0.2) is 48.5 Å². The lowest BCUT2D eigenvalue weighted by Gasteiger charge is -2.31. The van der Waals surface area contributed by atoms with Crippen molar-refractivity contribution in [1.29, 1.82) is 0 Å². The van der Waals surface area contributed by atoms with E-state index in [-0.39, 0.29) is 5.91 Å². The van der Waals surface area contributed by atoms with Gasteiger partial charge in [-0.3, -0.25) is 10.1 Å². The molecular weight excluding hydrogens is 360 g/mol. The summed E-state index contributed by atoms with van der Waals surface area (Å²) in [6.45, 7) is 0.801. The van der Waals surface area contributed by atoms with Gasteiger partial charge in [0.25, 0.3) is 0 Å². The summed E-state index contributed by atoms with van der Waals surface area (Å²) in [5.74, 6) is 0.988. The van der Waals surface area contributed by atoms with Gasteiger partial charge in [-0.25, -0.2) is 0 Å². The lowest BCUT2D eigenvalue weighted by molar-refractivity contribution is -0.115. The molecule has 1 aliphatic rings. The number of nitrogens with zero attached hydrogens (tertiary/aromatic N) is 1. The third-order valence-electron chi connectivity index (χ3n) is 4.42. The second-order valence-corrected chi connectivity index (χ2v) is 6.51. The van der Waals surface area contributed by atoms with E-state index in [1.807, 2.05) is 35.2 Å². The maximum atomic E-state index is 12.3. The minimum absolute atomic E-state index is 0.266. The number of aryl methyl sites for hydroxylation is 1. The smallest absolute Gasteiger partial charge is 0.250 e. The molecule has 0 fully saturated rings. The molecule has 0 aromatic heterocycles. The van der Waals surface area contributed by atoms with Crippen molar-refractivity contribution in [3.63, 3.8) is 0 Å². The lowest BCUT2D eigenvalue weighted by Crippen LogP contribution is -2.44. The molecule has 1 amide bonds. The molecule has 0 saturated heterocycles. The fourth-order valence-corrected chi connectivity index (χ4v) is 3.38. The molecule has 3 rings (SSSR count). The Labute approximate surface area is 164 Å². The van der Waals surface area contributed by atoms with Gasteiger partial charge >= 0.3 is 0 Å². The summed E-state index contributed by atoms with van der Waals surface area (Å²) in [5, 5.41) is 3.21. The average Bonchev–Trinajstić information content (AvgIpc) is 2.71. The first kappa shape index (κ1) is 18.9. The molecule has 0 unspecified atom stereocenters. The molecular formula is C21H22N2O3S. The number of para-hydroxylation sites is 1. The van der Waals surface area contributed by atoms with Gasteiger partial charge in [-0.1, -0.05) is 24.3 Å². The number of carbonyl (C=O) groups is 1. The van der Waals surface area contributed by atoms with Crippen molar-refractivity contribution < 1.29 is 14.3 Å². The van der Waals surface area contributed by atoms with E-state index in [0.29, 0.717) is 16.6 Å². The van der Waals surface area contributed by atoms with Crippen molar-refractivity contribution in [2.45, 2.75) is 12.8 Å². The number of nitrogens with one attached hydrogen (secondary N) is 1. The van der Waals surface area contributed by atoms with Crippen molar-refractivity contribution in [2.24, 2.45) is 0 Å². The van der Waals surface area contributed by atoms with Crippen LogP contribution in [0.3, 0.4) is 0 Å². The standard InChI is InChI=1S/C21H22N2O3S/c1-25-18-11-9-15(14-19(18)26-2)10-12-20(24)22-21(27)23-13-5-7-16-6-3-4-8-17(16)23/h3-4,6,8-12,14H,5,7,13H2,1-2H3,(H,22,24,27)/b12-10+. The first-order chi connectivity index (χ1) is 13.1. The molecule has 2 aromatic carbocycles. The van der Waals surface area contributed by atoms with Crippen LogP contribution in [-0.4, -0.2) is 31.8 Å². The fourth-order valence-electron chi connectivity index (χ4n) is 3.09. The van der Waals surface area contributed by atoms with Crippen LogP contribution < -0.4 is 19.7 Å². The van der Waals surface area contributed by atoms with Gasteiger partial charge in [-0.15, -0.1) is 0 Å². The summed E-state index contributed by atoms with van der Waals surface area (Å²) >= 11 is 5.45. The van der Waals surface area contributed by atoms with Gasteiger partial charge in [0.2, 0.25) is 5.91 Å². The molecule has 1 aliphatic heterocycles. The molecule has 0 atom stereocenters. The highest BCUT2D eigenvalue weighted by atomic mass is 32.1. The van der Waals surface area contributed by atoms with E-state index in [1.165, 1.54) is 11.6 Å². The molecule has 1 heterocycles. The molecule has 0 bridgehead atoms. The third kappa shape index (κ3) is 4.46. The largest absolute Gasteiger partial charge is 0.493 e. The third-order valence-corrected chi connectivity index (χ3v) is 4.74. The molecule has 6 heteroatoms. The van der Waals surface area contributed by atoms with Gasteiger partial charge in [0.05, 0.1) is 14.2 Å². The maximum absolute atomic E-state index is 12.3. The van der Waals surface area contributed by atoms with Crippen molar-refractivity contribution in [2.75, 3.05) is 25.7 Å².